The van der Waals surface area contributed by atoms with Crippen molar-refractivity contribution in [2.24, 2.45) is 5.92 Å². The molecule has 0 bridgehead atoms. The smallest absolute Gasteiger partial charge is 0.229 e. The second kappa shape index (κ2) is 6.32. The van der Waals surface area contributed by atoms with Crippen molar-refractivity contribution in [3.05, 3.63) is 24.3 Å². The highest BCUT2D eigenvalue weighted by atomic mass is 16.2. The molecule has 0 radical (unpaired) electrons. The lowest BCUT2D eigenvalue weighted by molar-refractivity contribution is -0.117. The summed E-state index contributed by atoms with van der Waals surface area (Å²) in [7, 11) is 0. The molecule has 23 heavy (non-hydrogen) atoms. The van der Waals surface area contributed by atoms with Crippen LogP contribution in [-0.4, -0.2) is 40.0 Å². The van der Waals surface area contributed by atoms with E-state index in [4.69, 9.17) is 0 Å². The van der Waals surface area contributed by atoms with E-state index in [2.05, 4.69) is 25.8 Å². The average molecular weight is 312 g/mol. The van der Waals surface area contributed by atoms with Gasteiger partial charge in [-0.15, -0.1) is 0 Å². The number of hydrogen-bond acceptors (Lipinski definition) is 3. The van der Waals surface area contributed by atoms with Gasteiger partial charge in [-0.3, -0.25) is 10.1 Å². The highest BCUT2D eigenvalue weighted by Gasteiger charge is 2.30. The second-order valence-corrected chi connectivity index (χ2v) is 6.74. The molecule has 1 N–H and O–H groups in total. The van der Waals surface area contributed by atoms with Gasteiger partial charge in [-0.1, -0.05) is 18.6 Å². The third kappa shape index (κ3) is 3.24. The maximum absolute atomic E-state index is 12.1. The number of hydrogen-bond donors (Lipinski definition) is 1. The predicted molar refractivity (Wildman–Crippen MR) is 91.4 cm³/mol. The number of carbonyl (C=O) groups excluding carboxylic acids is 1. The van der Waals surface area contributed by atoms with Gasteiger partial charge >= 0.3 is 0 Å². The van der Waals surface area contributed by atoms with E-state index in [9.17, 15) is 4.79 Å². The minimum absolute atomic E-state index is 0.125. The van der Waals surface area contributed by atoms with Crippen molar-refractivity contribution in [1.82, 2.24) is 14.5 Å². The molecule has 1 aromatic heterocycles. The SMILES string of the molecule is O=C(Nc1nc2ccccc2n1CCN1CCCCC1)C1CC1. The Morgan fingerprint density at radius 2 is 1.91 bits per heavy atom. The predicted octanol–water partition coefficient (Wildman–Crippen LogP) is 2.87. The first-order chi connectivity index (χ1) is 11.3. The quantitative estimate of drug-likeness (QED) is 0.923. The van der Waals surface area contributed by atoms with Gasteiger partial charge in [-0.25, -0.2) is 4.98 Å². The molecule has 0 spiro atoms. The van der Waals surface area contributed by atoms with Crippen LogP contribution in [0.15, 0.2) is 24.3 Å². The number of rotatable bonds is 5. The van der Waals surface area contributed by atoms with Crippen LogP contribution in [0.5, 0.6) is 0 Å². The molecule has 5 nitrogen and oxygen atoms in total. The minimum atomic E-state index is 0.125. The maximum atomic E-state index is 12.1. The van der Waals surface area contributed by atoms with Gasteiger partial charge < -0.3 is 9.47 Å². The van der Waals surface area contributed by atoms with Crippen molar-refractivity contribution in [2.45, 2.75) is 38.6 Å². The highest BCUT2D eigenvalue weighted by molar-refractivity contribution is 5.94. The number of carbonyl (C=O) groups is 1. The maximum Gasteiger partial charge on any atom is 0.229 e. The molecule has 0 atom stereocenters. The van der Waals surface area contributed by atoms with Crippen LogP contribution in [0, 0.1) is 5.92 Å². The van der Waals surface area contributed by atoms with Crippen LogP contribution in [0.25, 0.3) is 11.0 Å². The number of nitrogens with one attached hydrogen (secondary N) is 1. The molecule has 2 fully saturated rings. The minimum Gasteiger partial charge on any atom is -0.309 e. The molecular formula is C18H24N4O. The number of likely N-dealkylation sites (tertiary alicyclic amines) is 1. The summed E-state index contributed by atoms with van der Waals surface area (Å²) in [6.45, 7) is 4.28. The lowest BCUT2D eigenvalue weighted by atomic mass is 10.1. The van der Waals surface area contributed by atoms with Crippen molar-refractivity contribution in [3.8, 4) is 0 Å². The van der Waals surface area contributed by atoms with E-state index < -0.39 is 0 Å². The van der Waals surface area contributed by atoms with Crippen LogP contribution in [0.4, 0.5) is 5.95 Å². The fraction of sp³-hybridized carbons (Fsp3) is 0.556. The Kier molecular flexibility index (Phi) is 4.04. The van der Waals surface area contributed by atoms with Gasteiger partial charge in [0.2, 0.25) is 11.9 Å². The standard InChI is InChI=1S/C18H24N4O/c23-17(14-8-9-14)20-18-19-15-6-2-3-7-16(15)22(18)13-12-21-10-4-1-5-11-21/h2-3,6-7,14H,1,4-5,8-13H2,(H,19,20,23). The summed E-state index contributed by atoms with van der Waals surface area (Å²) >= 11 is 0. The van der Waals surface area contributed by atoms with Gasteiger partial charge in [-0.2, -0.15) is 0 Å². The van der Waals surface area contributed by atoms with Crippen LogP contribution in [-0.2, 0) is 11.3 Å². The fourth-order valence-electron chi connectivity index (χ4n) is 3.38. The zero-order valence-electron chi connectivity index (χ0n) is 13.5. The Morgan fingerprint density at radius 3 is 2.70 bits per heavy atom. The Balaban J connectivity index is 1.55. The first-order valence-corrected chi connectivity index (χ1v) is 8.80. The zero-order valence-corrected chi connectivity index (χ0v) is 13.5. The van der Waals surface area contributed by atoms with E-state index in [1.807, 2.05) is 18.2 Å². The van der Waals surface area contributed by atoms with E-state index in [0.29, 0.717) is 5.95 Å². The van der Waals surface area contributed by atoms with Crippen molar-refractivity contribution in [1.29, 1.82) is 0 Å². The number of nitrogens with zero attached hydrogens (tertiary/aromatic N) is 3. The number of amides is 1. The summed E-state index contributed by atoms with van der Waals surface area (Å²) in [5.74, 6) is 1.03. The van der Waals surface area contributed by atoms with Crippen molar-refractivity contribution in [3.63, 3.8) is 0 Å². The largest absolute Gasteiger partial charge is 0.309 e. The molecule has 1 amide bonds. The van der Waals surface area contributed by atoms with Gasteiger partial charge in [0.15, 0.2) is 0 Å². The summed E-state index contributed by atoms with van der Waals surface area (Å²) in [4.78, 5) is 19.3. The van der Waals surface area contributed by atoms with E-state index in [1.54, 1.807) is 0 Å². The fourth-order valence-corrected chi connectivity index (χ4v) is 3.38. The number of fused-ring (bicyclic) bond motifs is 1. The van der Waals surface area contributed by atoms with Gasteiger partial charge in [-0.05, 0) is 50.9 Å². The lowest BCUT2D eigenvalue weighted by Crippen LogP contribution is -2.32. The van der Waals surface area contributed by atoms with Crippen LogP contribution in [0.3, 0.4) is 0 Å². The van der Waals surface area contributed by atoms with Crippen LogP contribution >= 0.6 is 0 Å². The Bertz CT molecular complexity index is 698. The van der Waals surface area contributed by atoms with E-state index in [1.165, 1.54) is 32.4 Å². The van der Waals surface area contributed by atoms with Gasteiger partial charge in [0.05, 0.1) is 11.0 Å². The summed E-state index contributed by atoms with van der Waals surface area (Å²) < 4.78 is 2.17. The normalized spacial score (nSPS) is 19.1. The number of piperidine rings is 1. The average Bonchev–Trinajstić information content (AvgIpc) is 3.37. The topological polar surface area (TPSA) is 50.2 Å². The first kappa shape index (κ1) is 14.7. The molecule has 4 rings (SSSR count). The molecule has 1 aliphatic carbocycles. The van der Waals surface area contributed by atoms with Gasteiger partial charge in [0, 0.05) is 19.0 Å². The Hall–Kier alpha value is -1.88. The number of para-hydroxylation sites is 2. The molecule has 5 heteroatoms. The Labute approximate surface area is 136 Å². The van der Waals surface area contributed by atoms with Crippen molar-refractivity contribution < 1.29 is 4.79 Å². The molecule has 1 saturated heterocycles. The van der Waals surface area contributed by atoms with Crippen molar-refractivity contribution >= 4 is 22.9 Å². The molecule has 2 heterocycles. The van der Waals surface area contributed by atoms with E-state index >= 15 is 0 Å². The highest BCUT2D eigenvalue weighted by Crippen LogP contribution is 2.30. The number of anilines is 1. The van der Waals surface area contributed by atoms with Gasteiger partial charge in [0.1, 0.15) is 0 Å². The molecule has 1 aromatic carbocycles. The summed E-state index contributed by atoms with van der Waals surface area (Å²) in [5, 5.41) is 3.04. The number of benzene rings is 1. The van der Waals surface area contributed by atoms with Crippen LogP contribution in [0.2, 0.25) is 0 Å². The van der Waals surface area contributed by atoms with Crippen molar-refractivity contribution in [2.75, 3.05) is 25.0 Å². The zero-order chi connectivity index (χ0) is 15.6. The number of aromatic nitrogens is 2. The molecule has 2 aromatic rings. The lowest BCUT2D eigenvalue weighted by Gasteiger charge is -2.26. The Morgan fingerprint density at radius 1 is 1.13 bits per heavy atom. The molecule has 1 saturated carbocycles. The molecule has 1 aliphatic heterocycles. The molecular weight excluding hydrogens is 288 g/mol. The van der Waals surface area contributed by atoms with Crippen LogP contribution in [0.1, 0.15) is 32.1 Å². The first-order valence-electron chi connectivity index (χ1n) is 8.80. The summed E-state index contributed by atoms with van der Waals surface area (Å²) in [6, 6.07) is 8.13. The molecule has 2 aliphatic rings. The number of imidazole rings is 1. The molecule has 122 valence electrons. The summed E-state index contributed by atoms with van der Waals surface area (Å²) in [5.41, 5.74) is 2.06. The second-order valence-electron chi connectivity index (χ2n) is 6.74. The van der Waals surface area contributed by atoms with E-state index in [0.717, 1.165) is 37.0 Å². The monoisotopic (exact) mass is 312 g/mol. The van der Waals surface area contributed by atoms with Gasteiger partial charge in [0.25, 0.3) is 0 Å². The van der Waals surface area contributed by atoms with Crippen LogP contribution < -0.4 is 5.32 Å². The molecule has 0 unspecified atom stereocenters. The third-order valence-corrected chi connectivity index (χ3v) is 4.93. The summed E-state index contributed by atoms with van der Waals surface area (Å²) in [6.07, 6.45) is 5.98. The third-order valence-electron chi connectivity index (χ3n) is 4.93. The van der Waals surface area contributed by atoms with E-state index in [-0.39, 0.29) is 11.8 Å².